The molecule has 0 aliphatic rings. The fourth-order valence-corrected chi connectivity index (χ4v) is 1.66. The van der Waals surface area contributed by atoms with E-state index in [1.54, 1.807) is 0 Å². The number of hydrogen-bond acceptors (Lipinski definition) is 4. The van der Waals surface area contributed by atoms with E-state index in [0.717, 1.165) is 6.07 Å². The number of hydrogen-bond donors (Lipinski definition) is 0. The van der Waals surface area contributed by atoms with Crippen LogP contribution in [0.25, 0.3) is 0 Å². The van der Waals surface area contributed by atoms with Gasteiger partial charge in [-0.2, -0.15) is 5.26 Å². The molecule has 1 rings (SSSR count). The van der Waals surface area contributed by atoms with Gasteiger partial charge >= 0.3 is 12.3 Å². The van der Waals surface area contributed by atoms with E-state index in [9.17, 15) is 26.7 Å². The summed E-state index contributed by atoms with van der Waals surface area (Å²) in [6.07, 6.45) is -8.87. The quantitative estimate of drug-likeness (QED) is 0.615. The summed E-state index contributed by atoms with van der Waals surface area (Å²) in [6.45, 7) is 1.52. The Morgan fingerprint density at radius 1 is 1.36 bits per heavy atom. The van der Waals surface area contributed by atoms with Gasteiger partial charge in [0.05, 0.1) is 18.6 Å². The molecule has 9 heteroatoms. The standard InChI is InChI=1S/C13H10F5NO3/c1-2-21-11(20)4-7-3-8(6-19)10(22-13(16,17)18)5-9(7)12(14)15/h3,5,12H,2,4H2,1H3. The summed E-state index contributed by atoms with van der Waals surface area (Å²) in [7, 11) is 0. The van der Waals surface area contributed by atoms with E-state index >= 15 is 0 Å². The van der Waals surface area contributed by atoms with Crippen molar-refractivity contribution in [3.05, 3.63) is 28.8 Å². The molecule has 4 nitrogen and oxygen atoms in total. The van der Waals surface area contributed by atoms with Crippen molar-refractivity contribution in [1.82, 2.24) is 0 Å². The van der Waals surface area contributed by atoms with Crippen LogP contribution < -0.4 is 4.74 Å². The highest BCUT2D eigenvalue weighted by Gasteiger charge is 2.33. The summed E-state index contributed by atoms with van der Waals surface area (Å²) in [5, 5.41) is 8.81. The number of nitrogens with zero attached hydrogens (tertiary/aromatic N) is 1. The number of carbonyl (C=O) groups excluding carboxylic acids is 1. The van der Waals surface area contributed by atoms with Crippen LogP contribution >= 0.6 is 0 Å². The summed E-state index contributed by atoms with van der Waals surface area (Å²) >= 11 is 0. The molecule has 1 aromatic carbocycles. The minimum absolute atomic E-state index is 0.0171. The molecule has 0 saturated carbocycles. The predicted octanol–water partition coefficient (Wildman–Crippen LogP) is 3.50. The number of nitriles is 1. The number of halogens is 5. The van der Waals surface area contributed by atoms with Crippen molar-refractivity contribution in [2.24, 2.45) is 0 Å². The first-order valence-corrected chi connectivity index (χ1v) is 5.94. The summed E-state index contributed by atoms with van der Waals surface area (Å²) in [5.41, 5.74) is -1.73. The Labute approximate surface area is 122 Å². The smallest absolute Gasteiger partial charge is 0.466 e. The summed E-state index contributed by atoms with van der Waals surface area (Å²) in [4.78, 5) is 11.3. The van der Waals surface area contributed by atoms with Gasteiger partial charge in [-0.3, -0.25) is 4.79 Å². The Bertz CT molecular complexity index is 593. The van der Waals surface area contributed by atoms with Crippen LogP contribution in [-0.4, -0.2) is 18.9 Å². The molecule has 0 radical (unpaired) electrons. The van der Waals surface area contributed by atoms with E-state index in [2.05, 4.69) is 9.47 Å². The van der Waals surface area contributed by atoms with Crippen LogP contribution in [0.5, 0.6) is 5.75 Å². The van der Waals surface area contributed by atoms with Crippen LogP contribution in [-0.2, 0) is 16.0 Å². The van der Waals surface area contributed by atoms with Gasteiger partial charge in [-0.05, 0) is 24.6 Å². The van der Waals surface area contributed by atoms with E-state index < -0.39 is 42.1 Å². The second-order valence-corrected chi connectivity index (χ2v) is 3.99. The summed E-state index contributed by atoms with van der Waals surface area (Å²) in [6, 6.07) is 2.58. The lowest BCUT2D eigenvalue weighted by Crippen LogP contribution is -2.18. The maximum Gasteiger partial charge on any atom is 0.573 e. The fourth-order valence-electron chi connectivity index (χ4n) is 1.66. The summed E-state index contributed by atoms with van der Waals surface area (Å²) < 4.78 is 70.6. The lowest BCUT2D eigenvalue weighted by molar-refractivity contribution is -0.274. The molecule has 120 valence electrons. The Hall–Kier alpha value is -2.37. The van der Waals surface area contributed by atoms with Crippen molar-refractivity contribution in [2.75, 3.05) is 6.61 Å². The summed E-state index contributed by atoms with van der Waals surface area (Å²) in [5.74, 6) is -1.88. The number of alkyl halides is 5. The van der Waals surface area contributed by atoms with Gasteiger partial charge in [0.15, 0.2) is 0 Å². The van der Waals surface area contributed by atoms with Crippen molar-refractivity contribution in [3.63, 3.8) is 0 Å². The van der Waals surface area contributed by atoms with Gasteiger partial charge in [0.1, 0.15) is 11.8 Å². The lowest BCUT2D eigenvalue weighted by atomic mass is 10.0. The first kappa shape index (κ1) is 17.7. The molecular formula is C13H10F5NO3. The van der Waals surface area contributed by atoms with E-state index in [1.165, 1.54) is 13.0 Å². The molecule has 0 fully saturated rings. The molecule has 0 unspecified atom stereocenters. The van der Waals surface area contributed by atoms with Gasteiger partial charge in [0.2, 0.25) is 0 Å². The number of benzene rings is 1. The van der Waals surface area contributed by atoms with Crippen molar-refractivity contribution in [3.8, 4) is 11.8 Å². The minimum Gasteiger partial charge on any atom is -0.466 e. The Morgan fingerprint density at radius 3 is 2.45 bits per heavy atom. The monoisotopic (exact) mass is 323 g/mol. The van der Waals surface area contributed by atoms with Crippen LogP contribution in [0.4, 0.5) is 22.0 Å². The molecule has 0 atom stereocenters. The molecule has 1 aromatic rings. The largest absolute Gasteiger partial charge is 0.573 e. The molecule has 0 saturated heterocycles. The molecule has 0 aromatic heterocycles. The zero-order valence-electron chi connectivity index (χ0n) is 11.2. The van der Waals surface area contributed by atoms with Crippen molar-refractivity contribution < 1.29 is 36.2 Å². The third-order valence-corrected chi connectivity index (χ3v) is 2.46. The second kappa shape index (κ2) is 7.06. The molecule has 0 spiro atoms. The molecule has 22 heavy (non-hydrogen) atoms. The van der Waals surface area contributed by atoms with E-state index in [4.69, 9.17) is 5.26 Å². The highest BCUT2D eigenvalue weighted by Crippen LogP contribution is 2.33. The van der Waals surface area contributed by atoms with Gasteiger partial charge in [0.25, 0.3) is 6.43 Å². The zero-order valence-corrected chi connectivity index (χ0v) is 11.2. The molecule has 0 bridgehead atoms. The lowest BCUT2D eigenvalue weighted by Gasteiger charge is -2.14. The Morgan fingerprint density at radius 2 is 2.00 bits per heavy atom. The van der Waals surface area contributed by atoms with Crippen LogP contribution in [0.2, 0.25) is 0 Å². The number of carbonyl (C=O) groups is 1. The third kappa shape index (κ3) is 4.87. The normalized spacial score (nSPS) is 11.2. The third-order valence-electron chi connectivity index (χ3n) is 2.46. The average Bonchev–Trinajstić information content (AvgIpc) is 2.38. The van der Waals surface area contributed by atoms with Gasteiger partial charge in [-0.15, -0.1) is 13.2 Å². The molecule has 0 N–H and O–H groups in total. The van der Waals surface area contributed by atoms with Crippen molar-refractivity contribution in [2.45, 2.75) is 26.1 Å². The van der Waals surface area contributed by atoms with Crippen LogP contribution in [0.15, 0.2) is 12.1 Å². The highest BCUT2D eigenvalue weighted by atomic mass is 19.4. The minimum atomic E-state index is -5.13. The van der Waals surface area contributed by atoms with Gasteiger partial charge in [0, 0.05) is 5.56 Å². The first-order valence-electron chi connectivity index (χ1n) is 5.94. The molecular weight excluding hydrogens is 313 g/mol. The van der Waals surface area contributed by atoms with Crippen molar-refractivity contribution >= 4 is 5.97 Å². The molecule has 0 heterocycles. The topological polar surface area (TPSA) is 59.3 Å². The fraction of sp³-hybridized carbons (Fsp3) is 0.385. The van der Waals surface area contributed by atoms with Crippen LogP contribution in [0.3, 0.4) is 0 Å². The average molecular weight is 323 g/mol. The number of ether oxygens (including phenoxy) is 2. The van der Waals surface area contributed by atoms with Gasteiger partial charge in [-0.25, -0.2) is 8.78 Å². The number of rotatable bonds is 5. The predicted molar refractivity (Wildman–Crippen MR) is 63.1 cm³/mol. The number of esters is 1. The first-order chi connectivity index (χ1) is 10.2. The van der Waals surface area contributed by atoms with Crippen molar-refractivity contribution in [1.29, 1.82) is 5.26 Å². The molecule has 0 amide bonds. The second-order valence-electron chi connectivity index (χ2n) is 3.99. The SMILES string of the molecule is CCOC(=O)Cc1cc(C#N)c(OC(F)(F)F)cc1C(F)F. The maximum atomic E-state index is 12.9. The Kier molecular flexibility index (Phi) is 5.68. The molecule has 0 aliphatic carbocycles. The molecule has 0 aliphatic heterocycles. The van der Waals surface area contributed by atoms with E-state index in [0.29, 0.717) is 6.07 Å². The highest BCUT2D eigenvalue weighted by molar-refractivity contribution is 5.73. The maximum absolute atomic E-state index is 12.9. The Balaban J connectivity index is 3.28. The zero-order chi connectivity index (χ0) is 16.9. The van der Waals surface area contributed by atoms with E-state index in [1.807, 2.05) is 0 Å². The van der Waals surface area contributed by atoms with Gasteiger partial charge in [-0.1, -0.05) is 0 Å². The van der Waals surface area contributed by atoms with Crippen LogP contribution in [0, 0.1) is 11.3 Å². The van der Waals surface area contributed by atoms with E-state index in [-0.39, 0.29) is 12.2 Å². The van der Waals surface area contributed by atoms with Gasteiger partial charge < -0.3 is 9.47 Å². The van der Waals surface area contributed by atoms with Crippen LogP contribution in [0.1, 0.15) is 30.0 Å².